The van der Waals surface area contributed by atoms with E-state index in [1.165, 1.54) is 0 Å². The van der Waals surface area contributed by atoms with Gasteiger partial charge in [-0.05, 0) is 0 Å². The minimum absolute atomic E-state index is 0.223. The number of alkyl halides is 14. The Morgan fingerprint density at radius 3 is 1.08 bits per heavy atom. The highest BCUT2D eigenvalue weighted by Crippen LogP contribution is 2.61. The molecule has 0 aromatic rings. The van der Waals surface area contributed by atoms with Crippen LogP contribution in [0.1, 0.15) is 13.8 Å². The first-order valence-electron chi connectivity index (χ1n) is 5.70. The third kappa shape index (κ3) is 3.15. The molecule has 0 nitrogen and oxygen atoms in total. The lowest BCUT2D eigenvalue weighted by atomic mass is 9.87. The van der Waals surface area contributed by atoms with Crippen LogP contribution in [0.15, 0.2) is 0 Å². The first kappa shape index (κ1) is 23.8. The van der Waals surface area contributed by atoms with Gasteiger partial charge < -0.3 is 0 Å². The van der Waals surface area contributed by atoms with Gasteiger partial charge in [0.15, 0.2) is 0 Å². The summed E-state index contributed by atoms with van der Waals surface area (Å²) in [6.45, 7) is 1.01. The molecule has 0 aromatic carbocycles. The van der Waals surface area contributed by atoms with Crippen LogP contribution < -0.4 is 0 Å². The van der Waals surface area contributed by atoms with E-state index in [0.717, 1.165) is 29.5 Å². The molecule has 0 radical (unpaired) electrons. The largest absolute Gasteiger partial charge is 0.460 e. The second kappa shape index (κ2) is 6.21. The average molecular weight is 502 g/mol. The van der Waals surface area contributed by atoms with Crippen LogP contribution in [-0.2, 0) is 0 Å². The van der Waals surface area contributed by atoms with Gasteiger partial charge in [0.25, 0.3) is 0 Å². The average Bonchev–Trinajstić information content (AvgIpc) is 2.35. The molecule has 0 saturated heterocycles. The van der Waals surface area contributed by atoms with Gasteiger partial charge in [0.05, 0.1) is 0 Å². The van der Waals surface area contributed by atoms with Gasteiger partial charge in [-0.2, -0.15) is 57.1 Å². The van der Waals surface area contributed by atoms with Crippen molar-refractivity contribution in [3.8, 4) is 0 Å². The fourth-order valence-corrected chi connectivity index (χ4v) is 1.81. The minimum Gasteiger partial charge on any atom is -0.199 e. The van der Waals surface area contributed by atoms with E-state index in [0.29, 0.717) is 0 Å². The highest BCUT2D eigenvalue weighted by molar-refractivity contribution is 14.1. The summed E-state index contributed by atoms with van der Waals surface area (Å²) < 4.78 is 165. The fraction of sp³-hybridized carbons (Fsp3) is 1.00. The Morgan fingerprint density at radius 2 is 0.833 bits per heavy atom. The SMILES string of the molecule is CC(I)C(C)C(F)(F)C(F)(F)C(F)(F)C(F)(F)C(F)(F)C(F)(F)F. The molecule has 24 heavy (non-hydrogen) atoms. The Morgan fingerprint density at radius 1 is 0.542 bits per heavy atom. The molecule has 0 saturated carbocycles. The molecule has 146 valence electrons. The van der Waals surface area contributed by atoms with Gasteiger partial charge in [-0.25, -0.2) is 0 Å². The Bertz CT molecular complexity index is 450. The monoisotopic (exact) mass is 502 g/mol. The summed E-state index contributed by atoms with van der Waals surface area (Å²) in [7, 11) is 0. The summed E-state index contributed by atoms with van der Waals surface area (Å²) in [5.74, 6) is -39.2. The van der Waals surface area contributed by atoms with Gasteiger partial charge in [-0.1, -0.05) is 36.4 Å². The molecule has 2 unspecified atom stereocenters. The molecule has 0 amide bonds. The maximum Gasteiger partial charge on any atom is 0.460 e. The van der Waals surface area contributed by atoms with Crippen LogP contribution in [0.4, 0.5) is 57.1 Å². The predicted octanol–water partition coefficient (Wildman–Crippen LogP) is 6.18. The molecule has 0 heterocycles. The van der Waals surface area contributed by atoms with E-state index in [9.17, 15) is 57.1 Å². The van der Waals surface area contributed by atoms with Crippen LogP contribution in [0.2, 0.25) is 0 Å². The molecular weight excluding hydrogens is 494 g/mol. The Balaban J connectivity index is 6.31. The van der Waals surface area contributed by atoms with E-state index in [4.69, 9.17) is 0 Å². The van der Waals surface area contributed by atoms with E-state index >= 15 is 0 Å². The lowest BCUT2D eigenvalue weighted by molar-refractivity contribution is -0.442. The van der Waals surface area contributed by atoms with Crippen molar-refractivity contribution in [2.24, 2.45) is 5.92 Å². The van der Waals surface area contributed by atoms with Crippen molar-refractivity contribution in [3.05, 3.63) is 0 Å². The van der Waals surface area contributed by atoms with Gasteiger partial charge >= 0.3 is 35.8 Å². The normalized spacial score (nSPS) is 18.5. The molecule has 0 aliphatic rings. The Kier molecular flexibility index (Phi) is 6.17. The summed E-state index contributed by atoms with van der Waals surface area (Å²) in [5, 5.41) is 0. The highest BCUT2D eigenvalue weighted by Gasteiger charge is 2.91. The Labute approximate surface area is 139 Å². The molecule has 0 rings (SSSR count). The zero-order valence-corrected chi connectivity index (χ0v) is 13.6. The van der Waals surface area contributed by atoms with E-state index < -0.39 is 45.6 Å². The zero-order chi connectivity index (χ0) is 20.2. The molecule has 0 N–H and O–H groups in total. The van der Waals surface area contributed by atoms with Crippen molar-refractivity contribution >= 4 is 22.6 Å². The van der Waals surface area contributed by atoms with Gasteiger partial charge in [0, 0.05) is 9.84 Å². The highest BCUT2D eigenvalue weighted by atomic mass is 127. The maximum absolute atomic E-state index is 13.5. The van der Waals surface area contributed by atoms with Gasteiger partial charge in [0.2, 0.25) is 0 Å². The van der Waals surface area contributed by atoms with Crippen molar-refractivity contribution in [2.75, 3.05) is 0 Å². The molecule has 0 aliphatic heterocycles. The second-order valence-electron chi connectivity index (χ2n) is 4.88. The minimum atomic E-state index is -7.83. The summed E-state index contributed by atoms with van der Waals surface area (Å²) in [6.07, 6.45) is -7.38. The summed E-state index contributed by atoms with van der Waals surface area (Å²) in [5.41, 5.74) is 0. The van der Waals surface area contributed by atoms with Gasteiger partial charge in [0.1, 0.15) is 0 Å². The maximum atomic E-state index is 13.5. The van der Waals surface area contributed by atoms with Gasteiger partial charge in [-0.3, -0.25) is 0 Å². The zero-order valence-electron chi connectivity index (χ0n) is 11.4. The third-order valence-corrected chi connectivity index (χ3v) is 4.30. The van der Waals surface area contributed by atoms with Crippen LogP contribution in [0.5, 0.6) is 0 Å². The van der Waals surface area contributed by atoms with Crippen molar-refractivity contribution < 1.29 is 57.1 Å². The van der Waals surface area contributed by atoms with Crippen LogP contribution in [-0.4, -0.2) is 39.7 Å². The summed E-state index contributed by atoms with van der Waals surface area (Å²) in [4.78, 5) is 0. The molecule has 0 fully saturated rings. The quantitative estimate of drug-likeness (QED) is 0.231. The number of halogens is 14. The molecule has 0 aromatic heterocycles. The van der Waals surface area contributed by atoms with E-state index in [1.807, 2.05) is 0 Å². The van der Waals surface area contributed by atoms with Crippen LogP contribution in [0.25, 0.3) is 0 Å². The van der Waals surface area contributed by atoms with Crippen molar-refractivity contribution in [3.63, 3.8) is 0 Å². The van der Waals surface area contributed by atoms with Crippen molar-refractivity contribution in [1.29, 1.82) is 0 Å². The Hall–Kier alpha value is -0.180. The first-order valence-corrected chi connectivity index (χ1v) is 6.95. The molecule has 0 bridgehead atoms. The lowest BCUT2D eigenvalue weighted by Crippen LogP contribution is -2.71. The lowest BCUT2D eigenvalue weighted by Gasteiger charge is -2.41. The van der Waals surface area contributed by atoms with E-state index in [1.54, 1.807) is 0 Å². The topological polar surface area (TPSA) is 0 Å². The standard InChI is InChI=1S/C10H8F13I/c1-3(4(2)24)5(11,12)6(13,14)7(15,16)8(17,18)9(19,20)10(21,22)23/h3-4H,1-2H3. The first-order chi connectivity index (χ1) is 10.1. The number of hydrogen-bond donors (Lipinski definition) is 0. The molecule has 2 atom stereocenters. The predicted molar refractivity (Wildman–Crippen MR) is 63.4 cm³/mol. The van der Waals surface area contributed by atoms with E-state index in [2.05, 4.69) is 0 Å². The third-order valence-electron chi connectivity index (χ3n) is 3.22. The fourth-order valence-electron chi connectivity index (χ4n) is 1.36. The second-order valence-corrected chi connectivity index (χ2v) is 6.85. The van der Waals surface area contributed by atoms with Crippen molar-refractivity contribution in [1.82, 2.24) is 0 Å². The van der Waals surface area contributed by atoms with Crippen LogP contribution in [0, 0.1) is 5.92 Å². The van der Waals surface area contributed by atoms with E-state index in [-0.39, 0.29) is 6.92 Å². The van der Waals surface area contributed by atoms with Crippen molar-refractivity contribution in [2.45, 2.75) is 53.6 Å². The van der Waals surface area contributed by atoms with Gasteiger partial charge in [-0.15, -0.1) is 0 Å². The number of rotatable bonds is 6. The molecule has 0 spiro atoms. The summed E-state index contributed by atoms with van der Waals surface area (Å²) >= 11 is 1.04. The summed E-state index contributed by atoms with van der Waals surface area (Å²) in [6, 6.07) is 0. The smallest absolute Gasteiger partial charge is 0.199 e. The van der Waals surface area contributed by atoms with Crippen LogP contribution >= 0.6 is 22.6 Å². The van der Waals surface area contributed by atoms with Crippen LogP contribution in [0.3, 0.4) is 0 Å². The molecule has 0 aliphatic carbocycles. The molecular formula is C10H8F13I. The number of hydrogen-bond acceptors (Lipinski definition) is 0. The molecule has 14 heteroatoms.